The van der Waals surface area contributed by atoms with Gasteiger partial charge in [0, 0.05) is 26.7 Å². The van der Waals surface area contributed by atoms with E-state index in [1.807, 2.05) is 30.3 Å². The Hall–Kier alpha value is -2.41. The van der Waals surface area contributed by atoms with E-state index in [9.17, 15) is 9.59 Å². The monoisotopic (exact) mass is 406 g/mol. The average molecular weight is 407 g/mol. The molecule has 1 amide bonds. The van der Waals surface area contributed by atoms with Crippen molar-refractivity contribution in [2.45, 2.75) is 0 Å². The average Bonchev–Trinajstić information content (AvgIpc) is 3.10. The maximum absolute atomic E-state index is 12.1. The van der Waals surface area contributed by atoms with E-state index in [0.717, 1.165) is 5.56 Å². The Labute approximate surface area is 163 Å². The number of carbonyl (C=O) groups is 2. The molecule has 8 heteroatoms. The molecule has 5 nitrogen and oxygen atoms in total. The number of anilines is 1. The largest absolute Gasteiger partial charge is 0.451 e. The van der Waals surface area contributed by atoms with Crippen molar-refractivity contribution in [3.8, 4) is 10.6 Å². The number of benzene rings is 2. The Kier molecular flexibility index (Phi) is 5.88. The van der Waals surface area contributed by atoms with Crippen LogP contribution in [0, 0.1) is 0 Å². The predicted octanol–water partition coefficient (Wildman–Crippen LogP) is 4.91. The molecule has 1 N–H and O–H groups in total. The third-order valence-corrected chi connectivity index (χ3v) is 4.54. The first-order valence-electron chi connectivity index (χ1n) is 7.45. The van der Waals surface area contributed by atoms with Crippen molar-refractivity contribution in [2.75, 3.05) is 11.9 Å². The predicted molar refractivity (Wildman–Crippen MR) is 103 cm³/mol. The molecule has 2 aromatic carbocycles. The van der Waals surface area contributed by atoms with Gasteiger partial charge in [0.15, 0.2) is 12.3 Å². The van der Waals surface area contributed by atoms with Crippen molar-refractivity contribution in [1.82, 2.24) is 4.98 Å². The van der Waals surface area contributed by atoms with E-state index in [-0.39, 0.29) is 5.69 Å². The number of hydrogen-bond donors (Lipinski definition) is 1. The zero-order valence-corrected chi connectivity index (χ0v) is 15.6. The van der Waals surface area contributed by atoms with Crippen LogP contribution in [-0.4, -0.2) is 23.5 Å². The maximum Gasteiger partial charge on any atom is 0.358 e. The van der Waals surface area contributed by atoms with Crippen LogP contribution >= 0.6 is 34.5 Å². The molecule has 1 aromatic heterocycles. The fraction of sp³-hybridized carbons (Fsp3) is 0.0556. The molecular weight excluding hydrogens is 395 g/mol. The van der Waals surface area contributed by atoms with Gasteiger partial charge >= 0.3 is 5.97 Å². The summed E-state index contributed by atoms with van der Waals surface area (Å²) in [5, 5.41) is 5.64. The lowest BCUT2D eigenvalue weighted by atomic mass is 10.2. The van der Waals surface area contributed by atoms with Gasteiger partial charge in [-0.15, -0.1) is 11.3 Å². The lowest BCUT2D eigenvalue weighted by Gasteiger charge is -2.06. The van der Waals surface area contributed by atoms with Crippen molar-refractivity contribution in [1.29, 1.82) is 0 Å². The highest BCUT2D eigenvalue weighted by molar-refractivity contribution is 7.13. The second kappa shape index (κ2) is 8.31. The van der Waals surface area contributed by atoms with Crippen LogP contribution in [0.5, 0.6) is 0 Å². The highest BCUT2D eigenvalue weighted by Gasteiger charge is 2.15. The number of halogens is 2. The Morgan fingerprint density at radius 3 is 2.46 bits per heavy atom. The van der Waals surface area contributed by atoms with E-state index in [4.69, 9.17) is 27.9 Å². The molecule has 0 aliphatic heterocycles. The van der Waals surface area contributed by atoms with E-state index < -0.39 is 18.5 Å². The zero-order chi connectivity index (χ0) is 18.5. The number of nitrogens with one attached hydrogen (secondary N) is 1. The molecule has 0 fully saturated rings. The third kappa shape index (κ3) is 4.82. The summed E-state index contributed by atoms with van der Waals surface area (Å²) in [5.74, 6) is -1.17. The van der Waals surface area contributed by atoms with Gasteiger partial charge in [0.1, 0.15) is 5.01 Å². The summed E-state index contributed by atoms with van der Waals surface area (Å²) in [7, 11) is 0. The number of esters is 1. The summed E-state index contributed by atoms with van der Waals surface area (Å²) in [6.45, 7) is -0.443. The van der Waals surface area contributed by atoms with Crippen LogP contribution in [0.15, 0.2) is 53.9 Å². The topological polar surface area (TPSA) is 68.3 Å². The summed E-state index contributed by atoms with van der Waals surface area (Å²) in [5.41, 5.74) is 1.49. The molecule has 0 radical (unpaired) electrons. The Morgan fingerprint density at radius 2 is 1.77 bits per heavy atom. The number of hydrogen-bond acceptors (Lipinski definition) is 5. The minimum Gasteiger partial charge on any atom is -0.451 e. The van der Waals surface area contributed by atoms with E-state index >= 15 is 0 Å². The molecule has 0 aliphatic carbocycles. The van der Waals surface area contributed by atoms with Crippen LogP contribution in [0.25, 0.3) is 10.6 Å². The SMILES string of the molecule is O=C(COC(=O)c1csc(-c2ccccc2)n1)Nc1cc(Cl)cc(Cl)c1. The van der Waals surface area contributed by atoms with Crippen molar-refractivity contribution in [3.05, 3.63) is 69.7 Å². The number of ether oxygens (including phenoxy) is 1. The normalized spacial score (nSPS) is 10.4. The van der Waals surface area contributed by atoms with Crippen molar-refractivity contribution < 1.29 is 14.3 Å². The lowest BCUT2D eigenvalue weighted by molar-refractivity contribution is -0.119. The van der Waals surface area contributed by atoms with Gasteiger partial charge in [-0.25, -0.2) is 9.78 Å². The van der Waals surface area contributed by atoms with Gasteiger partial charge in [-0.1, -0.05) is 53.5 Å². The lowest BCUT2D eigenvalue weighted by Crippen LogP contribution is -2.21. The van der Waals surface area contributed by atoms with Crippen LogP contribution in [0.1, 0.15) is 10.5 Å². The molecule has 1 heterocycles. The van der Waals surface area contributed by atoms with Crippen LogP contribution in [-0.2, 0) is 9.53 Å². The maximum atomic E-state index is 12.1. The first kappa shape index (κ1) is 18.4. The van der Waals surface area contributed by atoms with Crippen LogP contribution in [0.3, 0.4) is 0 Å². The molecule has 0 unspecified atom stereocenters. The van der Waals surface area contributed by atoms with Gasteiger partial charge in [0.2, 0.25) is 0 Å². The summed E-state index contributed by atoms with van der Waals surface area (Å²) >= 11 is 13.1. The highest BCUT2D eigenvalue weighted by atomic mass is 35.5. The fourth-order valence-corrected chi connectivity index (χ4v) is 3.43. The summed E-state index contributed by atoms with van der Waals surface area (Å²) in [6.07, 6.45) is 0. The minimum absolute atomic E-state index is 0.160. The van der Waals surface area contributed by atoms with Gasteiger partial charge in [-0.3, -0.25) is 4.79 Å². The number of aromatic nitrogens is 1. The molecule has 0 bridgehead atoms. The van der Waals surface area contributed by atoms with E-state index in [1.165, 1.54) is 11.3 Å². The van der Waals surface area contributed by atoms with Crippen molar-refractivity contribution in [3.63, 3.8) is 0 Å². The van der Waals surface area contributed by atoms with Gasteiger partial charge in [-0.05, 0) is 18.2 Å². The Bertz CT molecular complexity index is 924. The third-order valence-electron chi connectivity index (χ3n) is 3.21. The highest BCUT2D eigenvalue weighted by Crippen LogP contribution is 2.24. The minimum atomic E-state index is -0.664. The summed E-state index contributed by atoms with van der Waals surface area (Å²) < 4.78 is 5.00. The zero-order valence-electron chi connectivity index (χ0n) is 13.2. The number of nitrogens with zero attached hydrogens (tertiary/aromatic N) is 1. The smallest absolute Gasteiger partial charge is 0.358 e. The van der Waals surface area contributed by atoms with Crippen molar-refractivity contribution in [2.24, 2.45) is 0 Å². The van der Waals surface area contributed by atoms with Gasteiger partial charge < -0.3 is 10.1 Å². The Morgan fingerprint density at radius 1 is 1.08 bits per heavy atom. The van der Waals surface area contributed by atoms with Crippen LogP contribution in [0.4, 0.5) is 5.69 Å². The van der Waals surface area contributed by atoms with Crippen LogP contribution < -0.4 is 5.32 Å². The molecule has 0 spiro atoms. The van der Waals surface area contributed by atoms with Crippen LogP contribution in [0.2, 0.25) is 10.0 Å². The molecule has 132 valence electrons. The molecule has 3 aromatic rings. The van der Waals surface area contributed by atoms with Gasteiger partial charge in [0.25, 0.3) is 5.91 Å². The summed E-state index contributed by atoms with van der Waals surface area (Å²) in [4.78, 5) is 28.2. The number of carbonyl (C=O) groups excluding carboxylic acids is 2. The number of amides is 1. The molecule has 0 aliphatic rings. The molecule has 0 atom stereocenters. The van der Waals surface area contributed by atoms with E-state index in [0.29, 0.717) is 20.7 Å². The first-order valence-corrected chi connectivity index (χ1v) is 9.09. The Balaban J connectivity index is 1.57. The first-order chi connectivity index (χ1) is 12.5. The number of thiazole rings is 1. The second-order valence-electron chi connectivity index (χ2n) is 5.19. The fourth-order valence-electron chi connectivity index (χ4n) is 2.11. The number of rotatable bonds is 5. The quantitative estimate of drug-likeness (QED) is 0.610. The second-order valence-corrected chi connectivity index (χ2v) is 6.92. The van der Waals surface area contributed by atoms with E-state index in [2.05, 4.69) is 10.3 Å². The van der Waals surface area contributed by atoms with Crippen molar-refractivity contribution >= 4 is 52.1 Å². The van der Waals surface area contributed by atoms with E-state index in [1.54, 1.807) is 23.6 Å². The summed E-state index contributed by atoms with van der Waals surface area (Å²) in [6, 6.07) is 14.1. The molecule has 0 saturated heterocycles. The molecule has 26 heavy (non-hydrogen) atoms. The van der Waals surface area contributed by atoms with Gasteiger partial charge in [0.05, 0.1) is 0 Å². The van der Waals surface area contributed by atoms with Gasteiger partial charge in [-0.2, -0.15) is 0 Å². The molecule has 3 rings (SSSR count). The molecular formula is C18H12Cl2N2O3S. The standard InChI is InChI=1S/C18H12Cl2N2O3S/c19-12-6-13(20)8-14(7-12)21-16(23)9-25-18(24)15-10-26-17(22-15)11-4-2-1-3-5-11/h1-8,10H,9H2,(H,21,23). The molecule has 0 saturated carbocycles.